The predicted molar refractivity (Wildman–Crippen MR) is 66.2 cm³/mol. The van der Waals surface area contributed by atoms with Gasteiger partial charge in [-0.05, 0) is 6.07 Å². The normalized spacial score (nSPS) is 10.6. The number of aliphatic hydroxyl groups is 1. The van der Waals surface area contributed by atoms with Gasteiger partial charge in [-0.25, -0.2) is 8.78 Å². The molecule has 0 fully saturated rings. The van der Waals surface area contributed by atoms with Gasteiger partial charge in [-0.2, -0.15) is 0 Å². The molecule has 4 N–H and O–H groups in total. The predicted octanol–water partition coefficient (Wildman–Crippen LogP) is 0.944. The second kappa shape index (κ2) is 6.81. The fourth-order valence-corrected chi connectivity index (χ4v) is 1.58. The summed E-state index contributed by atoms with van der Waals surface area (Å²) in [6.07, 6.45) is -2.62. The molecule has 7 nitrogen and oxygen atoms in total. The van der Waals surface area contributed by atoms with Gasteiger partial charge in [0, 0.05) is 24.4 Å². The Morgan fingerprint density at radius 1 is 1.47 bits per heavy atom. The highest BCUT2D eigenvalue weighted by molar-refractivity contribution is 5.64. The number of nitrogens with zero attached hydrogens (tertiary/aromatic N) is 2. The number of nitrogens with two attached hydrogens (primary N) is 1. The van der Waals surface area contributed by atoms with Crippen LogP contribution < -0.4 is 16.2 Å². The van der Waals surface area contributed by atoms with Crippen molar-refractivity contribution in [1.29, 1.82) is 0 Å². The van der Waals surface area contributed by atoms with Gasteiger partial charge in [-0.15, -0.1) is 0 Å². The highest BCUT2D eigenvalue weighted by Gasteiger charge is 2.17. The number of nitrogen functional groups attached to an aromatic ring is 1. The number of halogens is 2. The van der Waals surface area contributed by atoms with E-state index in [4.69, 9.17) is 10.9 Å². The number of benzene rings is 1. The second-order valence-electron chi connectivity index (χ2n) is 3.70. The maximum absolute atomic E-state index is 12.4. The minimum atomic E-state index is -2.62. The molecule has 0 bridgehead atoms. The summed E-state index contributed by atoms with van der Waals surface area (Å²) in [5.41, 5.74) is 2.37. The van der Waals surface area contributed by atoms with Crippen LogP contribution in [0.1, 0.15) is 0 Å². The number of nitro benzene ring substituents is 1. The van der Waals surface area contributed by atoms with E-state index in [2.05, 4.69) is 5.43 Å². The van der Waals surface area contributed by atoms with E-state index < -0.39 is 17.9 Å². The van der Waals surface area contributed by atoms with Crippen molar-refractivity contribution in [3.63, 3.8) is 0 Å². The molecule has 0 aliphatic rings. The van der Waals surface area contributed by atoms with E-state index >= 15 is 0 Å². The van der Waals surface area contributed by atoms with E-state index in [-0.39, 0.29) is 30.2 Å². The van der Waals surface area contributed by atoms with Crippen molar-refractivity contribution in [2.45, 2.75) is 6.43 Å². The van der Waals surface area contributed by atoms with Gasteiger partial charge in [0.05, 0.1) is 23.8 Å². The number of hydrazine groups is 1. The third-order valence-corrected chi connectivity index (χ3v) is 2.37. The van der Waals surface area contributed by atoms with Crippen molar-refractivity contribution in [2.24, 2.45) is 5.84 Å². The lowest BCUT2D eigenvalue weighted by atomic mass is 10.2. The standard InChI is InChI=1S/C10H14F2N4O3/c11-10(12)6-15(1-2-17)8-3-7(14-13)4-9(5-8)16(18)19/h3-5,10,14,17H,1-2,6,13H2. The second-order valence-corrected chi connectivity index (χ2v) is 3.70. The van der Waals surface area contributed by atoms with E-state index in [1.165, 1.54) is 12.1 Å². The van der Waals surface area contributed by atoms with Gasteiger partial charge in [-0.1, -0.05) is 0 Å². The van der Waals surface area contributed by atoms with E-state index in [0.29, 0.717) is 0 Å². The van der Waals surface area contributed by atoms with Crippen LogP contribution >= 0.6 is 0 Å². The highest BCUT2D eigenvalue weighted by Crippen LogP contribution is 2.27. The third-order valence-electron chi connectivity index (χ3n) is 2.37. The first kappa shape index (κ1) is 15.1. The molecule has 0 amide bonds. The van der Waals surface area contributed by atoms with Gasteiger partial charge >= 0.3 is 0 Å². The molecule has 0 unspecified atom stereocenters. The summed E-state index contributed by atoms with van der Waals surface area (Å²) < 4.78 is 24.9. The summed E-state index contributed by atoms with van der Waals surface area (Å²) in [4.78, 5) is 11.2. The Balaban J connectivity index is 3.13. The van der Waals surface area contributed by atoms with Crippen molar-refractivity contribution in [3.05, 3.63) is 28.3 Å². The Bertz CT molecular complexity index is 445. The molecule has 1 aromatic rings. The van der Waals surface area contributed by atoms with Gasteiger partial charge in [0.25, 0.3) is 12.1 Å². The van der Waals surface area contributed by atoms with Crippen molar-refractivity contribution >= 4 is 17.1 Å². The number of hydrogen-bond donors (Lipinski definition) is 3. The van der Waals surface area contributed by atoms with E-state index in [1.807, 2.05) is 0 Å². The molecular formula is C10H14F2N4O3. The van der Waals surface area contributed by atoms with Crippen molar-refractivity contribution in [3.8, 4) is 0 Å². The smallest absolute Gasteiger partial charge is 0.273 e. The Labute approximate surface area is 107 Å². The lowest BCUT2D eigenvalue weighted by Crippen LogP contribution is -2.31. The van der Waals surface area contributed by atoms with Gasteiger partial charge in [0.1, 0.15) is 0 Å². The Kier molecular flexibility index (Phi) is 5.39. The van der Waals surface area contributed by atoms with Gasteiger partial charge in [-0.3, -0.25) is 16.0 Å². The average Bonchev–Trinajstić information content (AvgIpc) is 2.37. The molecule has 0 spiro atoms. The molecule has 106 valence electrons. The summed E-state index contributed by atoms with van der Waals surface area (Å²) in [5, 5.41) is 19.6. The van der Waals surface area contributed by atoms with Crippen LogP contribution in [-0.4, -0.2) is 36.2 Å². The Hall–Kier alpha value is -2.00. The number of non-ortho nitro benzene ring substituents is 1. The number of hydrogen-bond acceptors (Lipinski definition) is 6. The third kappa shape index (κ3) is 4.30. The first-order valence-electron chi connectivity index (χ1n) is 5.38. The maximum atomic E-state index is 12.4. The lowest BCUT2D eigenvalue weighted by Gasteiger charge is -2.23. The zero-order valence-corrected chi connectivity index (χ0v) is 9.92. The van der Waals surface area contributed by atoms with E-state index in [1.54, 1.807) is 0 Å². The van der Waals surface area contributed by atoms with E-state index in [0.717, 1.165) is 11.0 Å². The molecule has 0 radical (unpaired) electrons. The summed E-state index contributed by atoms with van der Waals surface area (Å²) in [7, 11) is 0. The van der Waals surface area contributed by atoms with Crippen LogP contribution in [-0.2, 0) is 0 Å². The topological polar surface area (TPSA) is 105 Å². The molecule has 19 heavy (non-hydrogen) atoms. The molecule has 0 saturated carbocycles. The zero-order chi connectivity index (χ0) is 14.4. The van der Waals surface area contributed by atoms with Crippen molar-refractivity contribution < 1.29 is 18.8 Å². The maximum Gasteiger partial charge on any atom is 0.273 e. The van der Waals surface area contributed by atoms with Crippen LogP contribution in [0.4, 0.5) is 25.8 Å². The van der Waals surface area contributed by atoms with E-state index in [9.17, 15) is 18.9 Å². The summed E-state index contributed by atoms with van der Waals surface area (Å²) >= 11 is 0. The number of alkyl halides is 2. The summed E-state index contributed by atoms with van der Waals surface area (Å²) in [6.45, 7) is -1.04. The monoisotopic (exact) mass is 276 g/mol. The molecule has 0 atom stereocenters. The number of nitro groups is 1. The molecular weight excluding hydrogens is 262 g/mol. The van der Waals surface area contributed by atoms with Crippen LogP contribution in [0.2, 0.25) is 0 Å². The van der Waals surface area contributed by atoms with Crippen molar-refractivity contribution in [1.82, 2.24) is 0 Å². The van der Waals surface area contributed by atoms with Crippen LogP contribution in [0.15, 0.2) is 18.2 Å². The van der Waals surface area contributed by atoms with Crippen LogP contribution in [0.5, 0.6) is 0 Å². The Morgan fingerprint density at radius 2 is 2.16 bits per heavy atom. The molecule has 0 aromatic heterocycles. The lowest BCUT2D eigenvalue weighted by molar-refractivity contribution is -0.384. The van der Waals surface area contributed by atoms with Gasteiger partial charge in [0.2, 0.25) is 0 Å². The first-order valence-corrected chi connectivity index (χ1v) is 5.38. The summed E-state index contributed by atoms with van der Waals surface area (Å²) in [6, 6.07) is 3.73. The number of nitrogens with one attached hydrogen (secondary N) is 1. The number of anilines is 2. The Morgan fingerprint density at radius 3 is 2.63 bits per heavy atom. The van der Waals surface area contributed by atoms with Gasteiger partial charge < -0.3 is 15.4 Å². The SMILES string of the molecule is NNc1cc(N(CCO)CC(F)F)cc([N+](=O)[O-])c1. The highest BCUT2D eigenvalue weighted by atomic mass is 19.3. The molecule has 9 heteroatoms. The molecule has 0 heterocycles. The summed E-state index contributed by atoms with van der Waals surface area (Å²) in [5.74, 6) is 5.17. The molecule has 0 aliphatic carbocycles. The molecule has 0 saturated heterocycles. The minimum Gasteiger partial charge on any atom is -0.395 e. The van der Waals surface area contributed by atoms with Gasteiger partial charge in [0.15, 0.2) is 0 Å². The fraction of sp³-hybridized carbons (Fsp3) is 0.400. The van der Waals surface area contributed by atoms with Crippen LogP contribution in [0.3, 0.4) is 0 Å². The first-order chi connectivity index (χ1) is 8.97. The molecule has 1 aromatic carbocycles. The van der Waals surface area contributed by atoms with Crippen LogP contribution in [0.25, 0.3) is 0 Å². The number of aliphatic hydroxyl groups excluding tert-OH is 1. The zero-order valence-electron chi connectivity index (χ0n) is 9.92. The quantitative estimate of drug-likeness (QED) is 0.389. The molecule has 1 rings (SSSR count). The molecule has 0 aliphatic heterocycles. The number of rotatable bonds is 7. The largest absolute Gasteiger partial charge is 0.395 e. The van der Waals surface area contributed by atoms with Crippen LogP contribution in [0, 0.1) is 10.1 Å². The van der Waals surface area contributed by atoms with Crippen molar-refractivity contribution in [2.75, 3.05) is 30.0 Å². The minimum absolute atomic E-state index is 0.0600. The fourth-order valence-electron chi connectivity index (χ4n) is 1.58. The average molecular weight is 276 g/mol.